The minimum atomic E-state index is -0.147. The number of aromatic nitrogens is 2. The maximum Gasteiger partial charge on any atom is 0.265 e. The van der Waals surface area contributed by atoms with Crippen LogP contribution in [0.2, 0.25) is 0 Å². The van der Waals surface area contributed by atoms with Crippen LogP contribution in [0, 0.1) is 0 Å². The molecule has 0 saturated carbocycles. The number of nitrogens with zero attached hydrogens (tertiary/aromatic N) is 2. The van der Waals surface area contributed by atoms with Gasteiger partial charge in [-0.05, 0) is 53.9 Å². The van der Waals surface area contributed by atoms with Crippen molar-refractivity contribution in [2.75, 3.05) is 12.4 Å². The molecule has 2 aromatic carbocycles. The number of hydrogen-bond donors (Lipinski definition) is 1. The van der Waals surface area contributed by atoms with Crippen LogP contribution in [0.5, 0.6) is 5.75 Å². The third-order valence-electron chi connectivity index (χ3n) is 3.89. The van der Waals surface area contributed by atoms with E-state index in [0.29, 0.717) is 22.3 Å². The van der Waals surface area contributed by atoms with Gasteiger partial charge in [0.2, 0.25) is 5.82 Å². The summed E-state index contributed by atoms with van der Waals surface area (Å²) in [6, 6.07) is 18.3. The maximum atomic E-state index is 12.2. The second-order valence-electron chi connectivity index (χ2n) is 5.66. The maximum absolute atomic E-state index is 12.2. The molecule has 0 saturated heterocycles. The molecule has 4 rings (SSSR count). The molecule has 0 aliphatic rings. The summed E-state index contributed by atoms with van der Waals surface area (Å²) in [5.74, 6) is 1.48. The van der Waals surface area contributed by atoms with Crippen LogP contribution in [0.15, 0.2) is 70.6 Å². The molecule has 0 aliphatic carbocycles. The Morgan fingerprint density at radius 2 is 1.93 bits per heavy atom. The SMILES string of the molecule is COc1ccc(-c2noc(-c3cccc(NC(=O)c4cccs4)c3)n2)cc1. The van der Waals surface area contributed by atoms with E-state index in [2.05, 4.69) is 15.5 Å². The Labute approximate surface area is 159 Å². The predicted molar refractivity (Wildman–Crippen MR) is 104 cm³/mol. The average molecular weight is 377 g/mol. The Morgan fingerprint density at radius 3 is 2.67 bits per heavy atom. The third-order valence-corrected chi connectivity index (χ3v) is 4.76. The van der Waals surface area contributed by atoms with E-state index in [0.717, 1.165) is 16.9 Å². The molecule has 0 aliphatic heterocycles. The minimum absolute atomic E-state index is 0.147. The van der Waals surface area contributed by atoms with E-state index >= 15 is 0 Å². The molecule has 1 amide bonds. The summed E-state index contributed by atoms with van der Waals surface area (Å²) < 4.78 is 10.5. The number of methoxy groups -OCH3 is 1. The van der Waals surface area contributed by atoms with Gasteiger partial charge in [0.25, 0.3) is 11.8 Å². The van der Waals surface area contributed by atoms with Crippen molar-refractivity contribution in [1.29, 1.82) is 0 Å². The number of thiophene rings is 1. The van der Waals surface area contributed by atoms with Gasteiger partial charge in [0, 0.05) is 16.8 Å². The van der Waals surface area contributed by atoms with Gasteiger partial charge in [0.1, 0.15) is 5.75 Å². The summed E-state index contributed by atoms with van der Waals surface area (Å²) >= 11 is 1.39. The molecule has 0 unspecified atom stereocenters. The van der Waals surface area contributed by atoms with Crippen molar-refractivity contribution in [2.24, 2.45) is 0 Å². The van der Waals surface area contributed by atoms with Crippen LogP contribution in [0.3, 0.4) is 0 Å². The highest BCUT2D eigenvalue weighted by molar-refractivity contribution is 7.12. The lowest BCUT2D eigenvalue weighted by Crippen LogP contribution is -2.09. The number of ether oxygens (including phenoxy) is 1. The minimum Gasteiger partial charge on any atom is -0.497 e. The summed E-state index contributed by atoms with van der Waals surface area (Å²) in [5.41, 5.74) is 2.22. The quantitative estimate of drug-likeness (QED) is 0.544. The van der Waals surface area contributed by atoms with Gasteiger partial charge < -0.3 is 14.6 Å². The molecule has 4 aromatic rings. The standard InChI is InChI=1S/C20H15N3O3S/c1-25-16-9-7-13(8-10-16)18-22-20(26-23-18)14-4-2-5-15(12-14)21-19(24)17-6-3-11-27-17/h2-12H,1H3,(H,21,24). The molecule has 0 spiro atoms. The van der Waals surface area contributed by atoms with E-state index in [1.807, 2.05) is 53.9 Å². The highest BCUT2D eigenvalue weighted by atomic mass is 32.1. The van der Waals surface area contributed by atoms with Gasteiger partial charge in [0.05, 0.1) is 12.0 Å². The van der Waals surface area contributed by atoms with Crippen LogP contribution in [-0.2, 0) is 0 Å². The molecular formula is C20H15N3O3S. The van der Waals surface area contributed by atoms with Crippen LogP contribution in [-0.4, -0.2) is 23.2 Å². The lowest BCUT2D eigenvalue weighted by atomic mass is 10.2. The summed E-state index contributed by atoms with van der Waals surface area (Å²) in [6.07, 6.45) is 0. The highest BCUT2D eigenvalue weighted by Crippen LogP contribution is 2.26. The zero-order valence-corrected chi connectivity index (χ0v) is 15.2. The zero-order chi connectivity index (χ0) is 18.6. The normalized spacial score (nSPS) is 10.6. The summed E-state index contributed by atoms with van der Waals surface area (Å²) in [7, 11) is 1.62. The Morgan fingerprint density at radius 1 is 1.07 bits per heavy atom. The van der Waals surface area contributed by atoms with Crippen molar-refractivity contribution in [3.63, 3.8) is 0 Å². The van der Waals surface area contributed by atoms with Gasteiger partial charge in [-0.3, -0.25) is 4.79 Å². The molecule has 7 heteroatoms. The molecule has 27 heavy (non-hydrogen) atoms. The van der Waals surface area contributed by atoms with E-state index in [9.17, 15) is 4.79 Å². The zero-order valence-electron chi connectivity index (χ0n) is 14.4. The van der Waals surface area contributed by atoms with Crippen molar-refractivity contribution < 1.29 is 14.1 Å². The van der Waals surface area contributed by atoms with E-state index < -0.39 is 0 Å². The van der Waals surface area contributed by atoms with Gasteiger partial charge in [-0.25, -0.2) is 0 Å². The Kier molecular flexibility index (Phi) is 4.67. The lowest BCUT2D eigenvalue weighted by Gasteiger charge is -2.04. The second kappa shape index (κ2) is 7.43. The molecule has 2 heterocycles. The first kappa shape index (κ1) is 17.0. The van der Waals surface area contributed by atoms with Gasteiger partial charge >= 0.3 is 0 Å². The fraction of sp³-hybridized carbons (Fsp3) is 0.0500. The number of carbonyl (C=O) groups excluding carboxylic acids is 1. The van der Waals surface area contributed by atoms with E-state index in [1.165, 1.54) is 11.3 Å². The van der Waals surface area contributed by atoms with Crippen LogP contribution < -0.4 is 10.1 Å². The molecule has 134 valence electrons. The van der Waals surface area contributed by atoms with E-state index in [1.54, 1.807) is 19.2 Å². The Balaban J connectivity index is 1.55. The van der Waals surface area contributed by atoms with Crippen molar-refractivity contribution in [1.82, 2.24) is 10.1 Å². The summed E-state index contributed by atoms with van der Waals surface area (Å²) in [5, 5.41) is 8.78. The number of benzene rings is 2. The molecule has 0 atom stereocenters. The van der Waals surface area contributed by atoms with Crippen LogP contribution in [0.1, 0.15) is 9.67 Å². The number of rotatable bonds is 5. The third kappa shape index (κ3) is 3.73. The van der Waals surface area contributed by atoms with Crippen molar-refractivity contribution in [3.05, 3.63) is 70.9 Å². The summed E-state index contributed by atoms with van der Waals surface area (Å²) in [6.45, 7) is 0. The summed E-state index contributed by atoms with van der Waals surface area (Å²) in [4.78, 5) is 17.3. The molecular weight excluding hydrogens is 362 g/mol. The molecule has 6 nitrogen and oxygen atoms in total. The fourth-order valence-electron chi connectivity index (χ4n) is 2.53. The van der Waals surface area contributed by atoms with Crippen LogP contribution in [0.4, 0.5) is 5.69 Å². The van der Waals surface area contributed by atoms with Crippen molar-refractivity contribution in [3.8, 4) is 28.6 Å². The Bertz CT molecular complexity index is 1060. The Hall–Kier alpha value is -3.45. The van der Waals surface area contributed by atoms with Crippen molar-refractivity contribution >= 4 is 22.9 Å². The first-order valence-corrected chi connectivity index (χ1v) is 9.04. The number of hydrogen-bond acceptors (Lipinski definition) is 6. The molecule has 1 N–H and O–H groups in total. The molecule has 0 fully saturated rings. The van der Waals surface area contributed by atoms with Crippen molar-refractivity contribution in [2.45, 2.75) is 0 Å². The molecule has 0 radical (unpaired) electrons. The van der Waals surface area contributed by atoms with Gasteiger partial charge in [-0.2, -0.15) is 4.98 Å². The van der Waals surface area contributed by atoms with Gasteiger partial charge in [0.15, 0.2) is 0 Å². The van der Waals surface area contributed by atoms with Crippen LogP contribution >= 0.6 is 11.3 Å². The average Bonchev–Trinajstić information content (AvgIpc) is 3.40. The molecule has 0 bridgehead atoms. The topological polar surface area (TPSA) is 77.3 Å². The van der Waals surface area contributed by atoms with Gasteiger partial charge in [-0.1, -0.05) is 17.3 Å². The first-order chi connectivity index (χ1) is 13.2. The van der Waals surface area contributed by atoms with E-state index in [-0.39, 0.29) is 5.91 Å². The fourth-order valence-corrected chi connectivity index (χ4v) is 3.15. The largest absolute Gasteiger partial charge is 0.497 e. The van der Waals surface area contributed by atoms with Crippen LogP contribution in [0.25, 0.3) is 22.8 Å². The second-order valence-corrected chi connectivity index (χ2v) is 6.61. The highest BCUT2D eigenvalue weighted by Gasteiger charge is 2.12. The lowest BCUT2D eigenvalue weighted by molar-refractivity contribution is 0.103. The number of anilines is 1. The first-order valence-electron chi connectivity index (χ1n) is 8.16. The number of amides is 1. The van der Waals surface area contributed by atoms with E-state index in [4.69, 9.17) is 9.26 Å². The van der Waals surface area contributed by atoms with Gasteiger partial charge in [-0.15, -0.1) is 11.3 Å². The smallest absolute Gasteiger partial charge is 0.265 e. The molecule has 2 aromatic heterocycles. The number of carbonyl (C=O) groups is 1. The number of nitrogens with one attached hydrogen (secondary N) is 1. The predicted octanol–water partition coefficient (Wildman–Crippen LogP) is 4.73. The monoisotopic (exact) mass is 377 g/mol.